The molecule has 0 bridgehead atoms. The monoisotopic (exact) mass is 356 g/mol. The third-order valence-corrected chi connectivity index (χ3v) is 3.18. The first kappa shape index (κ1) is 17.3. The fraction of sp³-hybridized carbons (Fsp3) is 0.357. The first-order chi connectivity index (χ1) is 9.93. The number of esters is 1. The zero-order valence-electron chi connectivity index (χ0n) is 11.9. The van der Waals surface area contributed by atoms with Gasteiger partial charge in [0.25, 0.3) is 5.91 Å². The van der Waals surface area contributed by atoms with Gasteiger partial charge in [0.05, 0.1) is 25.3 Å². The molecule has 114 valence electrons. The van der Waals surface area contributed by atoms with E-state index in [1.165, 1.54) is 4.90 Å². The number of hydrogen-bond donors (Lipinski definition) is 1. The van der Waals surface area contributed by atoms with E-state index in [-0.39, 0.29) is 13.1 Å². The molecule has 0 aliphatic rings. The van der Waals surface area contributed by atoms with Crippen LogP contribution in [0, 0.1) is 0 Å². The van der Waals surface area contributed by atoms with Crippen molar-refractivity contribution in [2.24, 2.45) is 0 Å². The van der Waals surface area contributed by atoms with Crippen molar-refractivity contribution in [3.63, 3.8) is 0 Å². The summed E-state index contributed by atoms with van der Waals surface area (Å²) in [6, 6.07) is 6.80. The molecule has 21 heavy (non-hydrogen) atoms. The molecule has 6 nitrogen and oxygen atoms in total. The number of rotatable bonds is 6. The number of ether oxygens (including phenoxy) is 1. The quantitative estimate of drug-likeness (QED) is 0.775. The number of halogens is 1. The van der Waals surface area contributed by atoms with Gasteiger partial charge in [-0.2, -0.15) is 0 Å². The van der Waals surface area contributed by atoms with Gasteiger partial charge in [0, 0.05) is 4.47 Å². The van der Waals surface area contributed by atoms with Crippen LogP contribution >= 0.6 is 15.9 Å². The van der Waals surface area contributed by atoms with Gasteiger partial charge < -0.3 is 4.74 Å². The Kier molecular flexibility index (Phi) is 7.04. The van der Waals surface area contributed by atoms with Crippen LogP contribution < -0.4 is 5.32 Å². The molecule has 0 radical (unpaired) electrons. The summed E-state index contributed by atoms with van der Waals surface area (Å²) in [6.45, 7) is 1.92. The van der Waals surface area contributed by atoms with E-state index < -0.39 is 17.8 Å². The molecule has 7 heteroatoms. The van der Waals surface area contributed by atoms with Crippen LogP contribution in [-0.4, -0.2) is 49.4 Å². The van der Waals surface area contributed by atoms with Crippen LogP contribution in [0.3, 0.4) is 0 Å². The van der Waals surface area contributed by atoms with Crippen molar-refractivity contribution in [3.05, 3.63) is 34.3 Å². The molecular formula is C14H17BrN2O4. The van der Waals surface area contributed by atoms with Gasteiger partial charge in [-0.3, -0.25) is 24.6 Å². The summed E-state index contributed by atoms with van der Waals surface area (Å²) >= 11 is 3.24. The summed E-state index contributed by atoms with van der Waals surface area (Å²) in [7, 11) is 1.60. The summed E-state index contributed by atoms with van der Waals surface area (Å²) in [5, 5.41) is 2.27. The highest BCUT2D eigenvalue weighted by Crippen LogP contribution is 2.15. The summed E-state index contributed by atoms with van der Waals surface area (Å²) in [4.78, 5) is 36.4. The lowest BCUT2D eigenvalue weighted by molar-refractivity contribution is -0.144. The van der Waals surface area contributed by atoms with Crippen molar-refractivity contribution in [1.82, 2.24) is 10.2 Å². The van der Waals surface area contributed by atoms with Crippen LogP contribution in [0.15, 0.2) is 28.7 Å². The van der Waals surface area contributed by atoms with E-state index in [1.807, 2.05) is 0 Å². The Bertz CT molecular complexity index is 533. The van der Waals surface area contributed by atoms with Crippen LogP contribution in [-0.2, 0) is 14.3 Å². The van der Waals surface area contributed by atoms with Gasteiger partial charge in [-0.1, -0.05) is 12.1 Å². The average molecular weight is 357 g/mol. The maximum absolute atomic E-state index is 11.9. The number of carbonyl (C=O) groups excluding carboxylic acids is 3. The third kappa shape index (κ3) is 6.05. The fourth-order valence-electron chi connectivity index (χ4n) is 1.61. The number of likely N-dealkylation sites (N-methyl/N-ethyl adjacent to an activating group) is 1. The van der Waals surface area contributed by atoms with Crippen LogP contribution in [0.4, 0.5) is 0 Å². The minimum atomic E-state index is -0.489. The SMILES string of the molecule is CCOC(=O)CN(C)CC(=O)NC(=O)c1ccccc1Br. The molecule has 0 atom stereocenters. The Morgan fingerprint density at radius 1 is 1.24 bits per heavy atom. The maximum atomic E-state index is 11.9. The molecule has 0 saturated heterocycles. The fourth-order valence-corrected chi connectivity index (χ4v) is 2.07. The van der Waals surface area contributed by atoms with Crippen molar-refractivity contribution in [1.29, 1.82) is 0 Å². The van der Waals surface area contributed by atoms with Gasteiger partial charge in [-0.25, -0.2) is 0 Å². The van der Waals surface area contributed by atoms with Gasteiger partial charge in [-0.15, -0.1) is 0 Å². The van der Waals surface area contributed by atoms with Crippen molar-refractivity contribution in [2.45, 2.75) is 6.92 Å². The first-order valence-electron chi connectivity index (χ1n) is 6.37. The zero-order valence-corrected chi connectivity index (χ0v) is 13.5. The number of imide groups is 1. The van der Waals surface area contributed by atoms with Crippen molar-refractivity contribution < 1.29 is 19.1 Å². The second kappa shape index (κ2) is 8.53. The average Bonchev–Trinajstić information content (AvgIpc) is 2.38. The Morgan fingerprint density at radius 3 is 2.52 bits per heavy atom. The van der Waals surface area contributed by atoms with Crippen LogP contribution in [0.5, 0.6) is 0 Å². The second-order valence-corrected chi connectivity index (χ2v) is 5.19. The second-order valence-electron chi connectivity index (χ2n) is 4.33. The number of nitrogens with one attached hydrogen (secondary N) is 1. The van der Waals surface area contributed by atoms with E-state index in [0.29, 0.717) is 16.6 Å². The number of benzene rings is 1. The van der Waals surface area contributed by atoms with Crippen LogP contribution in [0.2, 0.25) is 0 Å². The highest BCUT2D eigenvalue weighted by Gasteiger charge is 2.15. The topological polar surface area (TPSA) is 75.7 Å². The molecule has 0 aliphatic heterocycles. The minimum absolute atomic E-state index is 0.00944. The highest BCUT2D eigenvalue weighted by molar-refractivity contribution is 9.10. The number of hydrogen-bond acceptors (Lipinski definition) is 5. The Labute approximate surface area is 131 Å². The molecule has 2 amide bonds. The zero-order chi connectivity index (χ0) is 15.8. The van der Waals surface area contributed by atoms with Crippen LogP contribution in [0.25, 0.3) is 0 Å². The highest BCUT2D eigenvalue weighted by atomic mass is 79.9. The largest absolute Gasteiger partial charge is 0.465 e. The van der Waals surface area contributed by atoms with Gasteiger partial charge in [0.15, 0.2) is 0 Å². The Morgan fingerprint density at radius 2 is 1.90 bits per heavy atom. The molecule has 0 aromatic heterocycles. The Hall–Kier alpha value is -1.73. The maximum Gasteiger partial charge on any atom is 0.320 e. The summed E-state index contributed by atoms with van der Waals surface area (Å²) < 4.78 is 5.38. The van der Waals surface area contributed by atoms with Gasteiger partial charge in [-0.05, 0) is 42.0 Å². The normalized spacial score (nSPS) is 10.3. The summed E-state index contributed by atoms with van der Waals surface area (Å²) in [5.74, 6) is -1.38. The molecule has 0 saturated carbocycles. The predicted octanol–water partition coefficient (Wildman–Crippen LogP) is 1.20. The Balaban J connectivity index is 2.48. The molecule has 1 rings (SSSR count). The lowest BCUT2D eigenvalue weighted by Gasteiger charge is -2.14. The number of amides is 2. The van der Waals surface area contributed by atoms with E-state index in [2.05, 4.69) is 21.2 Å². The molecule has 0 aliphatic carbocycles. The summed E-state index contributed by atoms with van der Waals surface area (Å²) in [6.07, 6.45) is 0. The van der Waals surface area contributed by atoms with Gasteiger partial charge in [0.1, 0.15) is 0 Å². The molecule has 0 fully saturated rings. The van der Waals surface area contributed by atoms with Gasteiger partial charge in [0.2, 0.25) is 5.91 Å². The summed E-state index contributed by atoms with van der Waals surface area (Å²) in [5.41, 5.74) is 0.374. The molecule has 1 aromatic carbocycles. The number of nitrogens with zero attached hydrogens (tertiary/aromatic N) is 1. The van der Waals surface area contributed by atoms with E-state index in [1.54, 1.807) is 38.2 Å². The molecule has 0 unspecified atom stereocenters. The van der Waals surface area contributed by atoms with Crippen molar-refractivity contribution in [3.8, 4) is 0 Å². The lowest BCUT2D eigenvalue weighted by Crippen LogP contribution is -2.40. The predicted molar refractivity (Wildman–Crippen MR) is 80.7 cm³/mol. The molecule has 0 spiro atoms. The van der Waals surface area contributed by atoms with Crippen molar-refractivity contribution >= 4 is 33.7 Å². The minimum Gasteiger partial charge on any atom is -0.465 e. The van der Waals surface area contributed by atoms with Crippen LogP contribution in [0.1, 0.15) is 17.3 Å². The molecule has 1 N–H and O–H groups in total. The van der Waals surface area contributed by atoms with Gasteiger partial charge >= 0.3 is 5.97 Å². The van der Waals surface area contributed by atoms with Crippen molar-refractivity contribution in [2.75, 3.05) is 26.7 Å². The van der Waals surface area contributed by atoms with E-state index in [4.69, 9.17) is 4.74 Å². The molecule has 0 heterocycles. The smallest absolute Gasteiger partial charge is 0.320 e. The molecule has 1 aromatic rings. The van der Waals surface area contributed by atoms with E-state index >= 15 is 0 Å². The lowest BCUT2D eigenvalue weighted by atomic mass is 10.2. The third-order valence-electron chi connectivity index (χ3n) is 2.49. The molecular weight excluding hydrogens is 340 g/mol. The number of carbonyl (C=O) groups is 3. The standard InChI is InChI=1S/C14H17BrN2O4/c1-3-21-13(19)9-17(2)8-12(18)16-14(20)10-6-4-5-7-11(10)15/h4-7H,3,8-9H2,1-2H3,(H,16,18,20). The van der Waals surface area contributed by atoms with E-state index in [9.17, 15) is 14.4 Å². The van der Waals surface area contributed by atoms with E-state index in [0.717, 1.165) is 0 Å². The first-order valence-corrected chi connectivity index (χ1v) is 7.16.